The second-order valence-corrected chi connectivity index (χ2v) is 10.4. The van der Waals surface area contributed by atoms with Crippen LogP contribution in [-0.4, -0.2) is 66.9 Å². The van der Waals surface area contributed by atoms with Gasteiger partial charge in [-0.15, -0.1) is 11.3 Å². The van der Waals surface area contributed by atoms with Crippen molar-refractivity contribution >= 4 is 17.2 Å². The van der Waals surface area contributed by atoms with E-state index in [0.717, 1.165) is 25.6 Å². The molecule has 1 aromatic rings. The highest BCUT2D eigenvalue weighted by molar-refractivity contribution is 7.11. The number of thiophene rings is 1. The topological polar surface area (TPSA) is 26.8 Å². The Morgan fingerprint density at radius 1 is 1.19 bits per heavy atom. The number of rotatable bonds is 7. The molecular weight excluding hydrogens is 354 g/mol. The van der Waals surface area contributed by atoms with E-state index in [2.05, 4.69) is 42.8 Å². The maximum absolute atomic E-state index is 12.7. The monoisotopic (exact) mass is 391 g/mol. The molecule has 4 nitrogen and oxygen atoms in total. The number of carbonyl (C=O) groups is 1. The van der Waals surface area contributed by atoms with Gasteiger partial charge in [-0.2, -0.15) is 0 Å². The minimum absolute atomic E-state index is 0.293. The Labute approximate surface area is 169 Å². The van der Waals surface area contributed by atoms with Gasteiger partial charge < -0.3 is 4.90 Å². The molecule has 5 heteroatoms. The zero-order valence-electron chi connectivity index (χ0n) is 17.6. The lowest BCUT2D eigenvalue weighted by molar-refractivity contribution is -0.133. The molecule has 1 amide bonds. The zero-order chi connectivity index (χ0) is 19.4. The first kappa shape index (κ1) is 20.8. The molecule has 2 heterocycles. The molecule has 1 saturated carbocycles. The van der Waals surface area contributed by atoms with Crippen molar-refractivity contribution in [3.8, 4) is 0 Å². The van der Waals surface area contributed by atoms with E-state index in [4.69, 9.17) is 0 Å². The van der Waals surface area contributed by atoms with Gasteiger partial charge in [0.2, 0.25) is 5.91 Å². The summed E-state index contributed by atoms with van der Waals surface area (Å²) in [6, 6.07) is 4.94. The van der Waals surface area contributed by atoms with Gasteiger partial charge in [0.15, 0.2) is 0 Å². The number of likely N-dealkylation sites (tertiary alicyclic amines) is 1. The lowest BCUT2D eigenvalue weighted by Gasteiger charge is -2.34. The highest BCUT2D eigenvalue weighted by Gasteiger charge is 2.27. The van der Waals surface area contributed by atoms with Gasteiger partial charge in [-0.1, -0.05) is 6.92 Å². The summed E-state index contributed by atoms with van der Waals surface area (Å²) in [4.78, 5) is 22.4. The quantitative estimate of drug-likeness (QED) is 0.706. The summed E-state index contributed by atoms with van der Waals surface area (Å²) in [7, 11) is 4.12. The Bertz CT molecular complexity index is 608. The van der Waals surface area contributed by atoms with Gasteiger partial charge in [0.25, 0.3) is 0 Å². The summed E-state index contributed by atoms with van der Waals surface area (Å²) in [5, 5.41) is 0. The maximum Gasteiger partial charge on any atom is 0.236 e. The van der Waals surface area contributed by atoms with Crippen molar-refractivity contribution in [2.75, 3.05) is 40.3 Å². The first-order chi connectivity index (χ1) is 12.9. The van der Waals surface area contributed by atoms with Crippen molar-refractivity contribution in [2.24, 2.45) is 11.8 Å². The van der Waals surface area contributed by atoms with E-state index < -0.39 is 0 Å². The second-order valence-electron chi connectivity index (χ2n) is 9.02. The molecule has 1 atom stereocenters. The van der Waals surface area contributed by atoms with Gasteiger partial charge in [0.1, 0.15) is 0 Å². The average molecular weight is 392 g/mol. The fourth-order valence-corrected chi connectivity index (χ4v) is 5.61. The van der Waals surface area contributed by atoms with Gasteiger partial charge in [0, 0.05) is 42.5 Å². The van der Waals surface area contributed by atoms with Crippen LogP contribution in [-0.2, 0) is 11.3 Å². The van der Waals surface area contributed by atoms with Crippen molar-refractivity contribution in [3.05, 3.63) is 21.9 Å². The predicted octanol–water partition coefficient (Wildman–Crippen LogP) is 3.85. The van der Waals surface area contributed by atoms with Gasteiger partial charge in [-0.3, -0.25) is 14.6 Å². The minimum atomic E-state index is 0.293. The zero-order valence-corrected chi connectivity index (χ0v) is 18.4. The van der Waals surface area contributed by atoms with Crippen molar-refractivity contribution in [2.45, 2.75) is 58.5 Å². The molecule has 1 aliphatic carbocycles. The largest absolute Gasteiger partial charge is 0.342 e. The van der Waals surface area contributed by atoms with E-state index >= 15 is 0 Å². The first-order valence-corrected chi connectivity index (χ1v) is 11.4. The molecule has 1 aliphatic heterocycles. The molecule has 0 unspecified atom stereocenters. The van der Waals surface area contributed by atoms with Crippen LogP contribution in [0, 0.1) is 18.8 Å². The van der Waals surface area contributed by atoms with Gasteiger partial charge >= 0.3 is 0 Å². The maximum atomic E-state index is 12.7. The van der Waals surface area contributed by atoms with Crippen LogP contribution in [0.25, 0.3) is 0 Å². The number of amides is 1. The molecule has 1 saturated heterocycles. The average Bonchev–Trinajstić information content (AvgIpc) is 3.23. The lowest BCUT2D eigenvalue weighted by Crippen LogP contribution is -2.44. The fourth-order valence-electron chi connectivity index (χ4n) is 4.68. The van der Waals surface area contributed by atoms with E-state index in [9.17, 15) is 4.79 Å². The number of hydrogen-bond donors (Lipinski definition) is 0. The summed E-state index contributed by atoms with van der Waals surface area (Å²) < 4.78 is 0. The third-order valence-corrected chi connectivity index (χ3v) is 7.43. The Morgan fingerprint density at radius 3 is 2.59 bits per heavy atom. The SMILES string of the molecule is Cc1ccc(CN2CC[C@H](CN(C)CC(=O)N(C)C3CCC(C)CC3)C2)s1. The smallest absolute Gasteiger partial charge is 0.236 e. The molecule has 152 valence electrons. The fraction of sp³-hybridized carbons (Fsp3) is 0.773. The van der Waals surface area contributed by atoms with E-state index in [1.165, 1.54) is 48.4 Å². The second kappa shape index (κ2) is 9.53. The Kier molecular flexibility index (Phi) is 7.35. The number of nitrogens with zero attached hydrogens (tertiary/aromatic N) is 3. The minimum Gasteiger partial charge on any atom is -0.342 e. The number of likely N-dealkylation sites (N-methyl/N-ethyl adjacent to an activating group) is 2. The van der Waals surface area contributed by atoms with Crippen LogP contribution in [0.5, 0.6) is 0 Å². The molecule has 0 spiro atoms. The molecular formula is C22H37N3OS. The van der Waals surface area contributed by atoms with Crippen molar-refractivity contribution in [3.63, 3.8) is 0 Å². The van der Waals surface area contributed by atoms with Crippen molar-refractivity contribution in [1.82, 2.24) is 14.7 Å². The summed E-state index contributed by atoms with van der Waals surface area (Å²) in [6.45, 7) is 9.52. The highest BCUT2D eigenvalue weighted by Crippen LogP contribution is 2.27. The van der Waals surface area contributed by atoms with Gasteiger partial charge in [0.05, 0.1) is 6.54 Å². The Hall–Kier alpha value is -0.910. The molecule has 2 fully saturated rings. The third kappa shape index (κ3) is 6.03. The number of carbonyl (C=O) groups excluding carboxylic acids is 1. The van der Waals surface area contributed by atoms with Crippen LogP contribution in [0.2, 0.25) is 0 Å². The van der Waals surface area contributed by atoms with Crippen molar-refractivity contribution in [1.29, 1.82) is 0 Å². The molecule has 1 aromatic heterocycles. The molecule has 0 radical (unpaired) electrons. The lowest BCUT2D eigenvalue weighted by atomic mass is 9.87. The molecule has 0 bridgehead atoms. The molecule has 2 aliphatic rings. The third-order valence-electron chi connectivity index (χ3n) is 6.45. The summed E-state index contributed by atoms with van der Waals surface area (Å²) in [5.74, 6) is 1.81. The van der Waals surface area contributed by atoms with E-state index in [1.54, 1.807) is 0 Å². The first-order valence-electron chi connectivity index (χ1n) is 10.6. The van der Waals surface area contributed by atoms with Crippen LogP contribution >= 0.6 is 11.3 Å². The standard InChI is InChI=1S/C22H37N3OS/c1-17-5-8-20(9-6-17)24(4)22(26)16-23(3)13-19-11-12-25(14-19)15-21-10-7-18(2)27-21/h7,10,17,19-20H,5-6,8-9,11-16H2,1-4H3/t17?,19-,20?/m1/s1. The van der Waals surface area contributed by atoms with E-state index in [1.807, 2.05) is 23.3 Å². The highest BCUT2D eigenvalue weighted by atomic mass is 32.1. The molecule has 0 aromatic carbocycles. The van der Waals surface area contributed by atoms with Crippen LogP contribution < -0.4 is 0 Å². The van der Waals surface area contributed by atoms with Crippen LogP contribution in [0.15, 0.2) is 12.1 Å². The number of aryl methyl sites for hydroxylation is 1. The predicted molar refractivity (Wildman–Crippen MR) is 114 cm³/mol. The molecule has 0 N–H and O–H groups in total. The summed E-state index contributed by atoms with van der Waals surface area (Å²) in [5.41, 5.74) is 0. The summed E-state index contributed by atoms with van der Waals surface area (Å²) >= 11 is 1.91. The number of hydrogen-bond acceptors (Lipinski definition) is 4. The Balaban J connectivity index is 1.38. The normalized spacial score (nSPS) is 26.6. The molecule has 27 heavy (non-hydrogen) atoms. The van der Waals surface area contributed by atoms with Crippen molar-refractivity contribution < 1.29 is 4.79 Å². The summed E-state index contributed by atoms with van der Waals surface area (Å²) in [6.07, 6.45) is 6.12. The van der Waals surface area contributed by atoms with Crippen LogP contribution in [0.3, 0.4) is 0 Å². The van der Waals surface area contributed by atoms with E-state index in [-0.39, 0.29) is 0 Å². The Morgan fingerprint density at radius 2 is 1.93 bits per heavy atom. The van der Waals surface area contributed by atoms with Gasteiger partial charge in [-0.05, 0) is 76.6 Å². The van der Waals surface area contributed by atoms with E-state index in [0.29, 0.717) is 24.4 Å². The molecule has 3 rings (SSSR count). The van der Waals surface area contributed by atoms with Gasteiger partial charge in [-0.25, -0.2) is 0 Å². The van der Waals surface area contributed by atoms with Crippen LogP contribution in [0.4, 0.5) is 0 Å². The van der Waals surface area contributed by atoms with Crippen LogP contribution in [0.1, 0.15) is 48.8 Å².